The summed E-state index contributed by atoms with van der Waals surface area (Å²) >= 11 is 0. The maximum absolute atomic E-state index is 12.2. The first kappa shape index (κ1) is 15.0. The lowest BCUT2D eigenvalue weighted by molar-refractivity contribution is 0.0731. The molecule has 3 heteroatoms. The van der Waals surface area contributed by atoms with E-state index in [0.717, 1.165) is 12.0 Å². The minimum absolute atomic E-state index is 0.00272. The molecule has 2 rings (SSSR count). The molecular weight excluding hydrogens is 264 g/mol. The van der Waals surface area contributed by atoms with E-state index in [1.807, 2.05) is 26.0 Å². The molecule has 0 radical (unpaired) electrons. The number of para-hydroxylation sites is 1. The zero-order valence-corrected chi connectivity index (χ0v) is 12.3. The van der Waals surface area contributed by atoms with Crippen LogP contribution in [0.3, 0.4) is 0 Å². The van der Waals surface area contributed by atoms with Crippen molar-refractivity contribution in [1.82, 2.24) is 0 Å². The number of hydrogen-bond acceptors (Lipinski definition) is 3. The van der Waals surface area contributed by atoms with E-state index in [0.29, 0.717) is 23.3 Å². The summed E-state index contributed by atoms with van der Waals surface area (Å²) in [5.74, 6) is -0.0858. The number of benzene rings is 2. The van der Waals surface area contributed by atoms with Gasteiger partial charge < -0.3 is 4.74 Å². The number of esters is 1. The van der Waals surface area contributed by atoms with Crippen molar-refractivity contribution in [3.8, 4) is 5.75 Å². The van der Waals surface area contributed by atoms with Gasteiger partial charge in [-0.25, -0.2) is 4.79 Å². The molecule has 0 aliphatic heterocycles. The third-order valence-corrected chi connectivity index (χ3v) is 3.19. The molecule has 0 bridgehead atoms. The van der Waals surface area contributed by atoms with Crippen molar-refractivity contribution in [2.75, 3.05) is 0 Å². The summed E-state index contributed by atoms with van der Waals surface area (Å²) in [6.07, 6.45) is 1.21. The molecule has 0 saturated carbocycles. The summed E-state index contributed by atoms with van der Waals surface area (Å²) in [6, 6.07) is 14.1. The van der Waals surface area contributed by atoms with Crippen LogP contribution in [-0.4, -0.2) is 11.8 Å². The maximum Gasteiger partial charge on any atom is 0.343 e. The topological polar surface area (TPSA) is 43.4 Å². The third kappa shape index (κ3) is 3.57. The van der Waals surface area contributed by atoms with Gasteiger partial charge in [-0.3, -0.25) is 4.79 Å². The highest BCUT2D eigenvalue weighted by Crippen LogP contribution is 2.26. The summed E-state index contributed by atoms with van der Waals surface area (Å²) < 4.78 is 5.47. The highest BCUT2D eigenvalue weighted by atomic mass is 16.5. The van der Waals surface area contributed by atoms with Gasteiger partial charge in [0, 0.05) is 6.42 Å². The van der Waals surface area contributed by atoms with Crippen molar-refractivity contribution in [3.05, 3.63) is 65.2 Å². The van der Waals surface area contributed by atoms with E-state index in [-0.39, 0.29) is 5.78 Å². The highest BCUT2D eigenvalue weighted by molar-refractivity contribution is 6.00. The monoisotopic (exact) mass is 282 g/mol. The number of ether oxygens (including phenoxy) is 1. The van der Waals surface area contributed by atoms with Gasteiger partial charge in [0.2, 0.25) is 0 Å². The van der Waals surface area contributed by atoms with E-state index in [4.69, 9.17) is 4.74 Å². The third-order valence-electron chi connectivity index (χ3n) is 3.19. The Balaban J connectivity index is 2.31. The highest BCUT2D eigenvalue weighted by Gasteiger charge is 2.17. The van der Waals surface area contributed by atoms with Gasteiger partial charge in [-0.1, -0.05) is 37.3 Å². The maximum atomic E-state index is 12.2. The molecule has 0 aliphatic carbocycles. The lowest BCUT2D eigenvalue weighted by Gasteiger charge is -2.12. The fourth-order valence-electron chi connectivity index (χ4n) is 2.10. The number of Topliss-reactive ketones (excluding diaryl/α,β-unsaturated/α-hetero) is 1. The molecule has 21 heavy (non-hydrogen) atoms. The molecule has 108 valence electrons. The van der Waals surface area contributed by atoms with Crippen molar-refractivity contribution in [2.24, 2.45) is 0 Å². The van der Waals surface area contributed by atoms with Gasteiger partial charge in [0.15, 0.2) is 5.78 Å². The molecule has 3 nitrogen and oxygen atoms in total. The summed E-state index contributed by atoms with van der Waals surface area (Å²) in [7, 11) is 0. The van der Waals surface area contributed by atoms with E-state index >= 15 is 0 Å². The SMILES string of the molecule is CCCC(=O)c1cccc(C)c1OC(=O)c1ccccc1. The van der Waals surface area contributed by atoms with Gasteiger partial charge in [-0.15, -0.1) is 0 Å². The Kier molecular flexibility index (Phi) is 4.88. The van der Waals surface area contributed by atoms with Crippen LogP contribution >= 0.6 is 0 Å². The molecule has 0 unspecified atom stereocenters. The first-order valence-corrected chi connectivity index (χ1v) is 7.03. The molecular formula is C18H18O3. The predicted octanol–water partition coefficient (Wildman–Crippen LogP) is 4.20. The van der Waals surface area contributed by atoms with E-state index in [1.54, 1.807) is 36.4 Å². The lowest BCUT2D eigenvalue weighted by Crippen LogP contribution is -2.12. The fraction of sp³-hybridized carbons (Fsp3) is 0.222. The predicted molar refractivity (Wildman–Crippen MR) is 81.8 cm³/mol. The van der Waals surface area contributed by atoms with Crippen LogP contribution in [0.2, 0.25) is 0 Å². The van der Waals surface area contributed by atoms with Crippen LogP contribution in [0.1, 0.15) is 46.0 Å². The standard InChI is InChI=1S/C18H18O3/c1-3-8-16(19)15-12-7-9-13(2)17(15)21-18(20)14-10-5-4-6-11-14/h4-7,9-12H,3,8H2,1-2H3. The Morgan fingerprint density at radius 2 is 1.71 bits per heavy atom. The molecule has 0 spiro atoms. The summed E-state index contributed by atoms with van der Waals surface area (Å²) in [5, 5.41) is 0. The van der Waals surface area contributed by atoms with Crippen LogP contribution in [0.4, 0.5) is 0 Å². The van der Waals surface area contributed by atoms with E-state index < -0.39 is 5.97 Å². The van der Waals surface area contributed by atoms with Gasteiger partial charge in [0.25, 0.3) is 0 Å². The fourth-order valence-corrected chi connectivity index (χ4v) is 2.10. The molecule has 0 amide bonds. The Morgan fingerprint density at radius 3 is 2.38 bits per heavy atom. The quantitative estimate of drug-likeness (QED) is 0.469. The molecule has 0 heterocycles. The summed E-state index contributed by atoms with van der Waals surface area (Å²) in [5.41, 5.74) is 1.72. The average Bonchev–Trinajstić information content (AvgIpc) is 2.50. The molecule has 2 aromatic rings. The van der Waals surface area contributed by atoms with E-state index in [9.17, 15) is 9.59 Å². The van der Waals surface area contributed by atoms with Crippen LogP contribution in [0.25, 0.3) is 0 Å². The van der Waals surface area contributed by atoms with Crippen molar-refractivity contribution in [2.45, 2.75) is 26.7 Å². The minimum Gasteiger partial charge on any atom is -0.422 e. The lowest BCUT2D eigenvalue weighted by atomic mass is 10.0. The zero-order chi connectivity index (χ0) is 15.2. The number of hydrogen-bond donors (Lipinski definition) is 0. The molecule has 0 atom stereocenters. The molecule has 0 aromatic heterocycles. The summed E-state index contributed by atoms with van der Waals surface area (Å²) in [4.78, 5) is 24.3. The minimum atomic E-state index is -0.449. The van der Waals surface area contributed by atoms with Gasteiger partial charge in [0.05, 0.1) is 11.1 Å². The Labute approximate surface area is 124 Å². The first-order chi connectivity index (χ1) is 10.1. The average molecular weight is 282 g/mol. The van der Waals surface area contributed by atoms with E-state index in [1.165, 1.54) is 0 Å². The van der Waals surface area contributed by atoms with Crippen LogP contribution in [0.5, 0.6) is 5.75 Å². The summed E-state index contributed by atoms with van der Waals surface area (Å²) in [6.45, 7) is 3.78. The Hall–Kier alpha value is -2.42. The van der Waals surface area contributed by atoms with E-state index in [2.05, 4.69) is 0 Å². The second kappa shape index (κ2) is 6.84. The number of ketones is 1. The number of carbonyl (C=O) groups excluding carboxylic acids is 2. The van der Waals surface area contributed by atoms with Crippen LogP contribution < -0.4 is 4.74 Å². The first-order valence-electron chi connectivity index (χ1n) is 7.03. The van der Waals surface area contributed by atoms with Crippen LogP contribution in [0, 0.1) is 6.92 Å². The Morgan fingerprint density at radius 1 is 1.00 bits per heavy atom. The van der Waals surface area contributed by atoms with Crippen LogP contribution in [-0.2, 0) is 0 Å². The smallest absolute Gasteiger partial charge is 0.343 e. The second-order valence-corrected chi connectivity index (χ2v) is 4.88. The van der Waals surface area contributed by atoms with Gasteiger partial charge in [0.1, 0.15) is 5.75 Å². The largest absolute Gasteiger partial charge is 0.422 e. The van der Waals surface area contributed by atoms with Crippen molar-refractivity contribution < 1.29 is 14.3 Å². The second-order valence-electron chi connectivity index (χ2n) is 4.88. The van der Waals surface area contributed by atoms with Crippen molar-refractivity contribution >= 4 is 11.8 Å². The zero-order valence-electron chi connectivity index (χ0n) is 12.3. The van der Waals surface area contributed by atoms with Crippen molar-refractivity contribution in [1.29, 1.82) is 0 Å². The molecule has 0 saturated heterocycles. The number of carbonyl (C=O) groups is 2. The van der Waals surface area contributed by atoms with Crippen LogP contribution in [0.15, 0.2) is 48.5 Å². The van der Waals surface area contributed by atoms with Gasteiger partial charge >= 0.3 is 5.97 Å². The molecule has 0 fully saturated rings. The number of aryl methyl sites for hydroxylation is 1. The normalized spacial score (nSPS) is 10.2. The van der Waals surface area contributed by atoms with Gasteiger partial charge in [-0.05, 0) is 37.1 Å². The molecule has 0 aliphatic rings. The number of rotatable bonds is 5. The van der Waals surface area contributed by atoms with Crippen molar-refractivity contribution in [3.63, 3.8) is 0 Å². The molecule has 0 N–H and O–H groups in total. The molecule has 2 aromatic carbocycles. The van der Waals surface area contributed by atoms with Gasteiger partial charge in [-0.2, -0.15) is 0 Å². The Bertz CT molecular complexity index is 645.